The molecule has 118 valence electrons. The molecular weight excluding hydrogens is 252 g/mol. The molecule has 0 heteroatoms. The summed E-state index contributed by atoms with van der Waals surface area (Å²) in [6.45, 7) is 11.7. The molecule has 1 aliphatic rings. The van der Waals surface area contributed by atoms with Crippen molar-refractivity contribution in [2.45, 2.75) is 60.8 Å². The van der Waals surface area contributed by atoms with Crippen LogP contribution in [-0.2, 0) is 12.8 Å². The minimum Gasteiger partial charge on any atom is -0.0961 e. The van der Waals surface area contributed by atoms with Crippen LogP contribution < -0.4 is 0 Å². The van der Waals surface area contributed by atoms with Crippen molar-refractivity contribution in [3.63, 3.8) is 0 Å². The van der Waals surface area contributed by atoms with Crippen LogP contribution >= 0.6 is 0 Å². The van der Waals surface area contributed by atoms with Crippen molar-refractivity contribution >= 4 is 0 Å². The zero-order chi connectivity index (χ0) is 15.2. The minimum absolute atomic E-state index is 0. The standard InChI is InChI=1S/C10H12.C8H12.C2H6.CH4/c1-2-6-10-8-4-3-7-9(10)5-1;1-4-5-6-7-8(2)3;1-2;/h1-2,5-6H,3-4,7-8H2;4-7H,2H2,1,3H3;1-2H3;1H4/b;5-4-,7-6-;;. The second kappa shape index (κ2) is 14.8. The molecule has 0 atom stereocenters. The van der Waals surface area contributed by atoms with Crippen molar-refractivity contribution in [1.82, 2.24) is 0 Å². The van der Waals surface area contributed by atoms with Gasteiger partial charge in [0.05, 0.1) is 0 Å². The predicted molar refractivity (Wildman–Crippen MR) is 99.9 cm³/mol. The third kappa shape index (κ3) is 10.8. The van der Waals surface area contributed by atoms with Gasteiger partial charge >= 0.3 is 0 Å². The van der Waals surface area contributed by atoms with Gasteiger partial charge in [-0.15, -0.1) is 0 Å². The maximum Gasteiger partial charge on any atom is -0.0276 e. The molecule has 0 aromatic heterocycles. The van der Waals surface area contributed by atoms with Gasteiger partial charge in [0.25, 0.3) is 0 Å². The Balaban J connectivity index is 0. The van der Waals surface area contributed by atoms with E-state index in [1.807, 2.05) is 52.0 Å². The first-order valence-electron chi connectivity index (χ1n) is 7.75. The van der Waals surface area contributed by atoms with Crippen molar-refractivity contribution in [2.75, 3.05) is 0 Å². The fourth-order valence-electron chi connectivity index (χ4n) is 2.01. The molecule has 0 spiro atoms. The second-order valence-corrected chi connectivity index (χ2v) is 4.71. The molecular formula is C21H34. The van der Waals surface area contributed by atoms with Crippen LogP contribution in [0.4, 0.5) is 0 Å². The van der Waals surface area contributed by atoms with E-state index in [0.717, 1.165) is 5.57 Å². The quantitative estimate of drug-likeness (QED) is 0.517. The Morgan fingerprint density at radius 2 is 1.48 bits per heavy atom. The lowest BCUT2D eigenvalue weighted by atomic mass is 9.92. The van der Waals surface area contributed by atoms with Crippen LogP contribution in [0.2, 0.25) is 0 Å². The fourth-order valence-corrected chi connectivity index (χ4v) is 2.01. The Morgan fingerprint density at radius 1 is 1.00 bits per heavy atom. The van der Waals surface area contributed by atoms with E-state index in [2.05, 4.69) is 30.8 Å². The average molecular weight is 287 g/mol. The summed E-state index contributed by atoms with van der Waals surface area (Å²) in [6, 6.07) is 8.80. The van der Waals surface area contributed by atoms with Crippen LogP contribution in [0, 0.1) is 0 Å². The van der Waals surface area contributed by atoms with E-state index >= 15 is 0 Å². The van der Waals surface area contributed by atoms with Crippen molar-refractivity contribution in [3.05, 3.63) is 71.8 Å². The van der Waals surface area contributed by atoms with E-state index in [1.165, 1.54) is 25.7 Å². The molecule has 0 amide bonds. The second-order valence-electron chi connectivity index (χ2n) is 4.71. The third-order valence-electron chi connectivity index (χ3n) is 2.94. The smallest absolute Gasteiger partial charge is 0.0276 e. The maximum atomic E-state index is 3.71. The summed E-state index contributed by atoms with van der Waals surface area (Å²) in [7, 11) is 0. The Kier molecular flexibility index (Phi) is 15.4. The zero-order valence-corrected chi connectivity index (χ0v) is 13.7. The van der Waals surface area contributed by atoms with Gasteiger partial charge in [-0.05, 0) is 50.7 Å². The van der Waals surface area contributed by atoms with Gasteiger partial charge in [0.15, 0.2) is 0 Å². The number of hydrogen-bond acceptors (Lipinski definition) is 0. The van der Waals surface area contributed by atoms with Crippen LogP contribution in [0.5, 0.6) is 0 Å². The largest absolute Gasteiger partial charge is 0.0961 e. The normalized spacial score (nSPS) is 12.4. The van der Waals surface area contributed by atoms with Crippen LogP contribution in [-0.4, -0.2) is 0 Å². The highest BCUT2D eigenvalue weighted by Gasteiger charge is 2.05. The van der Waals surface area contributed by atoms with Crippen molar-refractivity contribution in [3.8, 4) is 0 Å². The number of allylic oxidation sites excluding steroid dienone is 5. The summed E-state index contributed by atoms with van der Waals surface area (Å²) < 4.78 is 0. The molecule has 0 heterocycles. The van der Waals surface area contributed by atoms with Gasteiger partial charge in [-0.2, -0.15) is 0 Å². The summed E-state index contributed by atoms with van der Waals surface area (Å²) in [6.07, 6.45) is 13.3. The Bertz CT molecular complexity index is 396. The molecule has 0 nitrogen and oxygen atoms in total. The van der Waals surface area contributed by atoms with Gasteiger partial charge in [0.2, 0.25) is 0 Å². The van der Waals surface area contributed by atoms with Gasteiger partial charge in [0.1, 0.15) is 0 Å². The number of aryl methyl sites for hydroxylation is 2. The van der Waals surface area contributed by atoms with Gasteiger partial charge in [0, 0.05) is 0 Å². The summed E-state index contributed by atoms with van der Waals surface area (Å²) in [5, 5.41) is 0. The monoisotopic (exact) mass is 286 g/mol. The number of rotatable bonds is 2. The summed E-state index contributed by atoms with van der Waals surface area (Å²) in [5.41, 5.74) is 4.24. The van der Waals surface area contributed by atoms with Gasteiger partial charge < -0.3 is 0 Å². The molecule has 2 rings (SSSR count). The summed E-state index contributed by atoms with van der Waals surface area (Å²) >= 11 is 0. The summed E-state index contributed by atoms with van der Waals surface area (Å²) in [5.74, 6) is 0. The number of hydrogen-bond donors (Lipinski definition) is 0. The van der Waals surface area contributed by atoms with E-state index in [9.17, 15) is 0 Å². The highest BCUT2D eigenvalue weighted by atomic mass is 14.1. The third-order valence-corrected chi connectivity index (χ3v) is 2.94. The molecule has 0 saturated carbocycles. The number of benzene rings is 1. The topological polar surface area (TPSA) is 0 Å². The molecule has 1 aliphatic carbocycles. The average Bonchev–Trinajstić information content (AvgIpc) is 2.50. The molecule has 1 aromatic carbocycles. The van der Waals surface area contributed by atoms with Gasteiger partial charge in [-0.1, -0.05) is 82.0 Å². The first-order chi connectivity index (χ1) is 9.74. The van der Waals surface area contributed by atoms with Gasteiger partial charge in [-0.25, -0.2) is 0 Å². The lowest BCUT2D eigenvalue weighted by Gasteiger charge is -2.13. The molecule has 0 unspecified atom stereocenters. The lowest BCUT2D eigenvalue weighted by molar-refractivity contribution is 0.685. The molecule has 0 saturated heterocycles. The Morgan fingerprint density at radius 3 is 1.86 bits per heavy atom. The van der Waals surface area contributed by atoms with Crippen molar-refractivity contribution in [1.29, 1.82) is 0 Å². The van der Waals surface area contributed by atoms with Crippen molar-refractivity contribution < 1.29 is 0 Å². The zero-order valence-electron chi connectivity index (χ0n) is 13.7. The first kappa shape index (κ1) is 21.7. The SMILES string of the molecule is C.C=C(C)/C=C\C=C/C.CC.c1ccc2c(c1)CCCC2. The highest BCUT2D eigenvalue weighted by molar-refractivity contribution is 5.28. The van der Waals surface area contributed by atoms with Crippen LogP contribution in [0.3, 0.4) is 0 Å². The summed E-state index contributed by atoms with van der Waals surface area (Å²) in [4.78, 5) is 0. The lowest BCUT2D eigenvalue weighted by Crippen LogP contribution is -2.00. The van der Waals surface area contributed by atoms with E-state index in [4.69, 9.17) is 0 Å². The molecule has 0 bridgehead atoms. The molecule has 21 heavy (non-hydrogen) atoms. The van der Waals surface area contributed by atoms with E-state index < -0.39 is 0 Å². The molecule has 0 aliphatic heterocycles. The Labute approximate surface area is 133 Å². The maximum absolute atomic E-state index is 3.71. The molecule has 0 radical (unpaired) electrons. The van der Waals surface area contributed by atoms with E-state index in [1.54, 1.807) is 11.1 Å². The molecule has 0 N–H and O–H groups in total. The van der Waals surface area contributed by atoms with Gasteiger partial charge in [-0.3, -0.25) is 0 Å². The van der Waals surface area contributed by atoms with Crippen LogP contribution in [0.1, 0.15) is 59.1 Å². The van der Waals surface area contributed by atoms with Crippen LogP contribution in [0.15, 0.2) is 60.7 Å². The minimum atomic E-state index is 0. The van der Waals surface area contributed by atoms with E-state index in [-0.39, 0.29) is 7.43 Å². The first-order valence-corrected chi connectivity index (χ1v) is 7.75. The molecule has 0 fully saturated rings. The Hall–Kier alpha value is -1.56. The fraction of sp³-hybridized carbons (Fsp3) is 0.429. The van der Waals surface area contributed by atoms with Crippen molar-refractivity contribution in [2.24, 2.45) is 0 Å². The molecule has 1 aromatic rings. The predicted octanol–water partition coefficient (Wildman–Crippen LogP) is 6.92. The number of fused-ring (bicyclic) bond motifs is 1. The highest BCUT2D eigenvalue weighted by Crippen LogP contribution is 2.19. The van der Waals surface area contributed by atoms with Crippen LogP contribution in [0.25, 0.3) is 0 Å². The van der Waals surface area contributed by atoms with E-state index in [0.29, 0.717) is 0 Å².